The summed E-state index contributed by atoms with van der Waals surface area (Å²) in [5, 5.41) is 12.5. The van der Waals surface area contributed by atoms with Gasteiger partial charge in [-0.25, -0.2) is 0 Å². The first-order chi connectivity index (χ1) is 14.4. The number of halogens is 3. The normalized spacial score (nSPS) is 12.4. The largest absolute Gasteiger partial charge is 0.416 e. The summed E-state index contributed by atoms with van der Waals surface area (Å²) in [5.41, 5.74) is 1.77. The summed E-state index contributed by atoms with van der Waals surface area (Å²) < 4.78 is 38.4. The Bertz CT molecular complexity index is 970. The Kier molecular flexibility index (Phi) is 6.90. The van der Waals surface area contributed by atoms with Gasteiger partial charge in [-0.05, 0) is 41.3 Å². The molecule has 1 atom stereocenters. The van der Waals surface area contributed by atoms with Crippen LogP contribution in [0.3, 0.4) is 0 Å². The van der Waals surface area contributed by atoms with E-state index in [1.165, 1.54) is 12.1 Å². The van der Waals surface area contributed by atoms with Gasteiger partial charge in [0.2, 0.25) is 0 Å². The maximum atomic E-state index is 12.8. The van der Waals surface area contributed by atoms with Gasteiger partial charge in [-0.3, -0.25) is 4.79 Å². The van der Waals surface area contributed by atoms with Crippen molar-refractivity contribution in [2.75, 3.05) is 13.2 Å². The minimum Gasteiger partial charge on any atom is -0.396 e. The molecule has 3 aromatic rings. The molecular formula is C24H22F3NO2. The van der Waals surface area contributed by atoms with E-state index in [-0.39, 0.29) is 25.0 Å². The number of nitrogens with one attached hydrogen (secondary N) is 1. The Balaban J connectivity index is 1.72. The average Bonchev–Trinajstić information content (AvgIpc) is 2.76. The molecule has 1 unspecified atom stereocenters. The third kappa shape index (κ3) is 5.48. The average molecular weight is 413 g/mol. The van der Waals surface area contributed by atoms with E-state index < -0.39 is 11.7 Å². The van der Waals surface area contributed by atoms with Crippen LogP contribution in [0.4, 0.5) is 13.2 Å². The van der Waals surface area contributed by atoms with Crippen LogP contribution < -0.4 is 5.32 Å². The van der Waals surface area contributed by atoms with E-state index in [0.717, 1.165) is 17.7 Å². The van der Waals surface area contributed by atoms with Crippen molar-refractivity contribution in [2.45, 2.75) is 12.6 Å². The van der Waals surface area contributed by atoms with Crippen LogP contribution in [0.5, 0.6) is 0 Å². The van der Waals surface area contributed by atoms with Gasteiger partial charge in [0, 0.05) is 24.6 Å². The summed E-state index contributed by atoms with van der Waals surface area (Å²) in [4.78, 5) is 12.8. The number of alkyl halides is 3. The molecule has 0 fully saturated rings. The van der Waals surface area contributed by atoms with Crippen LogP contribution in [-0.4, -0.2) is 24.2 Å². The topological polar surface area (TPSA) is 49.3 Å². The first kappa shape index (κ1) is 21.6. The van der Waals surface area contributed by atoms with E-state index in [0.29, 0.717) is 23.1 Å². The van der Waals surface area contributed by atoms with Gasteiger partial charge in [-0.15, -0.1) is 0 Å². The Labute approximate surface area is 173 Å². The van der Waals surface area contributed by atoms with E-state index >= 15 is 0 Å². The minimum absolute atomic E-state index is 0.0737. The Morgan fingerprint density at radius 1 is 0.900 bits per heavy atom. The third-order valence-corrected chi connectivity index (χ3v) is 4.87. The van der Waals surface area contributed by atoms with E-state index in [4.69, 9.17) is 0 Å². The molecule has 0 bridgehead atoms. The highest BCUT2D eigenvalue weighted by Gasteiger charge is 2.30. The summed E-state index contributed by atoms with van der Waals surface area (Å²) >= 11 is 0. The first-order valence-corrected chi connectivity index (χ1v) is 9.58. The fourth-order valence-electron chi connectivity index (χ4n) is 3.25. The highest BCUT2D eigenvalue weighted by atomic mass is 19.4. The lowest BCUT2D eigenvalue weighted by molar-refractivity contribution is -0.137. The number of aliphatic hydroxyl groups excluding tert-OH is 1. The van der Waals surface area contributed by atoms with Gasteiger partial charge in [0.05, 0.1) is 5.56 Å². The number of rotatable bonds is 7. The molecule has 3 nitrogen and oxygen atoms in total. The first-order valence-electron chi connectivity index (χ1n) is 9.58. The molecule has 6 heteroatoms. The van der Waals surface area contributed by atoms with E-state index in [1.54, 1.807) is 24.3 Å². The number of benzene rings is 3. The van der Waals surface area contributed by atoms with Crippen LogP contribution in [0.2, 0.25) is 0 Å². The molecule has 156 valence electrons. The van der Waals surface area contributed by atoms with Gasteiger partial charge < -0.3 is 10.4 Å². The SMILES string of the molecule is O=C(NCC(CO)Cc1ccccc1)c1ccccc1-c1ccc(C(F)(F)F)cc1. The van der Waals surface area contributed by atoms with Crippen molar-refractivity contribution in [1.82, 2.24) is 5.32 Å². The molecule has 0 spiro atoms. The van der Waals surface area contributed by atoms with Crippen LogP contribution in [0.15, 0.2) is 78.9 Å². The van der Waals surface area contributed by atoms with E-state index in [2.05, 4.69) is 5.32 Å². The van der Waals surface area contributed by atoms with Gasteiger partial charge in [0.1, 0.15) is 0 Å². The van der Waals surface area contributed by atoms with Crippen LogP contribution in [0.25, 0.3) is 11.1 Å². The molecule has 3 rings (SSSR count). The second-order valence-electron chi connectivity index (χ2n) is 7.07. The number of carbonyl (C=O) groups is 1. The zero-order chi connectivity index (χ0) is 21.6. The lowest BCUT2D eigenvalue weighted by atomic mass is 9.97. The zero-order valence-electron chi connectivity index (χ0n) is 16.2. The molecule has 30 heavy (non-hydrogen) atoms. The Morgan fingerprint density at radius 2 is 1.53 bits per heavy atom. The van der Waals surface area contributed by atoms with Crippen LogP contribution in [0, 0.1) is 5.92 Å². The molecule has 0 aliphatic rings. The van der Waals surface area contributed by atoms with Crippen molar-refractivity contribution < 1.29 is 23.1 Å². The van der Waals surface area contributed by atoms with Gasteiger partial charge in [0.15, 0.2) is 0 Å². The standard InChI is InChI=1S/C24H22F3NO2/c25-24(26,27)20-12-10-19(11-13-20)21-8-4-5-9-22(21)23(30)28-15-18(16-29)14-17-6-2-1-3-7-17/h1-13,18,29H,14-16H2,(H,28,30). The van der Waals surface area contributed by atoms with Crippen molar-refractivity contribution in [1.29, 1.82) is 0 Å². The molecule has 0 saturated carbocycles. The number of aliphatic hydroxyl groups is 1. The fourth-order valence-corrected chi connectivity index (χ4v) is 3.25. The molecule has 0 aliphatic heterocycles. The second-order valence-corrected chi connectivity index (χ2v) is 7.07. The highest BCUT2D eigenvalue weighted by molar-refractivity contribution is 6.00. The van der Waals surface area contributed by atoms with Gasteiger partial charge >= 0.3 is 6.18 Å². The summed E-state index contributed by atoms with van der Waals surface area (Å²) in [7, 11) is 0. The van der Waals surface area contributed by atoms with Crippen molar-refractivity contribution in [3.8, 4) is 11.1 Å². The molecule has 1 amide bonds. The van der Waals surface area contributed by atoms with Crippen molar-refractivity contribution in [3.05, 3.63) is 95.6 Å². The molecular weight excluding hydrogens is 391 g/mol. The maximum absolute atomic E-state index is 12.8. The fraction of sp³-hybridized carbons (Fsp3) is 0.208. The van der Waals surface area contributed by atoms with E-state index in [1.807, 2.05) is 30.3 Å². The van der Waals surface area contributed by atoms with Crippen molar-refractivity contribution in [2.24, 2.45) is 5.92 Å². The number of carbonyl (C=O) groups excluding carboxylic acids is 1. The van der Waals surface area contributed by atoms with Crippen molar-refractivity contribution >= 4 is 5.91 Å². The monoisotopic (exact) mass is 413 g/mol. The molecule has 2 N–H and O–H groups in total. The molecule has 0 aromatic heterocycles. The van der Waals surface area contributed by atoms with Crippen LogP contribution in [0.1, 0.15) is 21.5 Å². The summed E-state index contributed by atoms with van der Waals surface area (Å²) in [6, 6.07) is 21.2. The Morgan fingerprint density at radius 3 is 2.17 bits per heavy atom. The second kappa shape index (κ2) is 9.59. The minimum atomic E-state index is -4.41. The molecule has 3 aromatic carbocycles. The summed E-state index contributed by atoms with van der Waals surface area (Å²) in [5.74, 6) is -0.480. The van der Waals surface area contributed by atoms with Crippen molar-refractivity contribution in [3.63, 3.8) is 0 Å². The highest BCUT2D eigenvalue weighted by Crippen LogP contribution is 2.31. The van der Waals surface area contributed by atoms with Gasteiger partial charge in [-0.1, -0.05) is 60.7 Å². The molecule has 0 radical (unpaired) electrons. The quantitative estimate of drug-likeness (QED) is 0.576. The lowest BCUT2D eigenvalue weighted by Gasteiger charge is -2.16. The molecule has 0 heterocycles. The van der Waals surface area contributed by atoms with Gasteiger partial charge in [-0.2, -0.15) is 13.2 Å². The van der Waals surface area contributed by atoms with Crippen LogP contribution in [-0.2, 0) is 12.6 Å². The third-order valence-electron chi connectivity index (χ3n) is 4.87. The lowest BCUT2D eigenvalue weighted by Crippen LogP contribution is -2.32. The predicted octanol–water partition coefficient (Wildman–Crippen LogP) is 4.95. The summed E-state index contributed by atoms with van der Waals surface area (Å²) in [6.45, 7) is 0.210. The molecule has 0 saturated heterocycles. The number of amides is 1. The number of hydrogen-bond acceptors (Lipinski definition) is 2. The smallest absolute Gasteiger partial charge is 0.396 e. The predicted molar refractivity (Wildman–Crippen MR) is 110 cm³/mol. The number of hydrogen-bond donors (Lipinski definition) is 2. The molecule has 0 aliphatic carbocycles. The van der Waals surface area contributed by atoms with E-state index in [9.17, 15) is 23.1 Å². The summed E-state index contributed by atoms with van der Waals surface area (Å²) in [6.07, 6.45) is -3.79. The maximum Gasteiger partial charge on any atom is 0.416 e. The van der Waals surface area contributed by atoms with Gasteiger partial charge in [0.25, 0.3) is 5.91 Å². The van der Waals surface area contributed by atoms with Crippen LogP contribution >= 0.6 is 0 Å². The zero-order valence-corrected chi connectivity index (χ0v) is 16.2. The Hall–Kier alpha value is -3.12.